The number of benzene rings is 1. The van der Waals surface area contributed by atoms with Crippen molar-refractivity contribution in [2.45, 2.75) is 45.4 Å². The summed E-state index contributed by atoms with van der Waals surface area (Å²) in [5, 5.41) is 9.02. The predicted octanol–water partition coefficient (Wildman–Crippen LogP) is 4.13. The van der Waals surface area contributed by atoms with Gasteiger partial charge in [-0.2, -0.15) is 5.26 Å². The zero-order valence-corrected chi connectivity index (χ0v) is 12.5. The summed E-state index contributed by atoms with van der Waals surface area (Å²) in [6.45, 7) is 4.72. The second kappa shape index (κ2) is 4.63. The molecule has 1 aromatic carbocycles. The third-order valence-corrected chi connectivity index (χ3v) is 4.86. The Kier molecular flexibility index (Phi) is 3.05. The van der Waals surface area contributed by atoms with Gasteiger partial charge in [0, 0.05) is 13.0 Å². The summed E-state index contributed by atoms with van der Waals surface area (Å²) in [4.78, 5) is 4.85. The van der Waals surface area contributed by atoms with Gasteiger partial charge in [0.25, 0.3) is 0 Å². The second-order valence-electron chi connectivity index (χ2n) is 6.63. The van der Waals surface area contributed by atoms with Gasteiger partial charge in [0.1, 0.15) is 5.82 Å². The third kappa shape index (κ3) is 2.00. The number of aromatic nitrogens is 2. The van der Waals surface area contributed by atoms with E-state index in [0.29, 0.717) is 16.9 Å². The molecule has 3 rings (SSSR count). The number of fused-ring (bicyclic) bond motifs is 1. The Morgan fingerprint density at radius 3 is 2.85 bits per heavy atom. The first-order valence-electron chi connectivity index (χ1n) is 7.39. The van der Waals surface area contributed by atoms with Gasteiger partial charge in [0.05, 0.1) is 22.7 Å². The fourth-order valence-electron chi connectivity index (χ4n) is 3.57. The van der Waals surface area contributed by atoms with Crippen molar-refractivity contribution in [3.05, 3.63) is 29.6 Å². The van der Waals surface area contributed by atoms with E-state index in [0.717, 1.165) is 11.0 Å². The lowest BCUT2D eigenvalue weighted by atomic mass is 9.68. The van der Waals surface area contributed by atoms with Crippen LogP contribution in [-0.2, 0) is 7.05 Å². The van der Waals surface area contributed by atoms with E-state index in [-0.39, 0.29) is 0 Å². The summed E-state index contributed by atoms with van der Waals surface area (Å²) in [7, 11) is 2.10. The smallest absolute Gasteiger partial charge is 0.113 e. The van der Waals surface area contributed by atoms with E-state index in [1.165, 1.54) is 31.5 Å². The molecule has 0 N–H and O–H groups in total. The third-order valence-electron chi connectivity index (χ3n) is 4.86. The summed E-state index contributed by atoms with van der Waals surface area (Å²) < 4.78 is 2.22. The first-order chi connectivity index (χ1) is 9.53. The van der Waals surface area contributed by atoms with E-state index in [9.17, 15) is 0 Å². The van der Waals surface area contributed by atoms with Crippen LogP contribution in [-0.4, -0.2) is 9.55 Å². The summed E-state index contributed by atoms with van der Waals surface area (Å²) in [5.74, 6) is 1.69. The van der Waals surface area contributed by atoms with Crippen LogP contribution < -0.4 is 0 Å². The van der Waals surface area contributed by atoms with Crippen LogP contribution in [0.4, 0.5) is 0 Å². The molecule has 3 heteroatoms. The molecule has 20 heavy (non-hydrogen) atoms. The monoisotopic (exact) mass is 267 g/mol. The zero-order chi connectivity index (χ0) is 14.3. The van der Waals surface area contributed by atoms with Crippen LogP contribution in [0, 0.1) is 16.7 Å². The largest absolute Gasteiger partial charge is 0.331 e. The number of aryl methyl sites for hydroxylation is 1. The molecule has 1 atom stereocenters. The van der Waals surface area contributed by atoms with Crippen LogP contribution in [0.15, 0.2) is 18.2 Å². The molecule has 1 fully saturated rings. The minimum Gasteiger partial charge on any atom is -0.331 e. The van der Waals surface area contributed by atoms with E-state index >= 15 is 0 Å². The van der Waals surface area contributed by atoms with E-state index in [2.05, 4.69) is 31.5 Å². The maximum absolute atomic E-state index is 9.02. The van der Waals surface area contributed by atoms with Gasteiger partial charge in [0.2, 0.25) is 0 Å². The highest BCUT2D eigenvalue weighted by molar-refractivity contribution is 5.77. The Balaban J connectivity index is 2.12. The maximum atomic E-state index is 9.02. The topological polar surface area (TPSA) is 41.6 Å². The molecule has 1 heterocycles. The molecule has 0 bridgehead atoms. The van der Waals surface area contributed by atoms with Gasteiger partial charge in [0.15, 0.2) is 0 Å². The Bertz CT molecular complexity index is 688. The molecule has 0 radical (unpaired) electrons. The van der Waals surface area contributed by atoms with Gasteiger partial charge >= 0.3 is 0 Å². The predicted molar refractivity (Wildman–Crippen MR) is 80.4 cm³/mol. The molecule has 1 unspecified atom stereocenters. The average Bonchev–Trinajstić information content (AvgIpc) is 2.75. The Labute approximate surface area is 120 Å². The fraction of sp³-hybridized carbons (Fsp3) is 0.529. The van der Waals surface area contributed by atoms with Gasteiger partial charge in [-0.25, -0.2) is 4.98 Å². The molecule has 104 valence electrons. The normalized spacial score (nSPS) is 21.8. The average molecular weight is 267 g/mol. The lowest BCUT2D eigenvalue weighted by Crippen LogP contribution is -2.28. The van der Waals surface area contributed by atoms with E-state index in [1.807, 2.05) is 18.2 Å². The van der Waals surface area contributed by atoms with Gasteiger partial charge in [-0.05, 0) is 36.5 Å². The molecule has 1 aromatic heterocycles. The molecule has 3 nitrogen and oxygen atoms in total. The summed E-state index contributed by atoms with van der Waals surface area (Å²) >= 11 is 0. The van der Waals surface area contributed by atoms with Crippen molar-refractivity contribution in [2.75, 3.05) is 0 Å². The molecule has 0 amide bonds. The van der Waals surface area contributed by atoms with E-state index < -0.39 is 0 Å². The van der Waals surface area contributed by atoms with Crippen molar-refractivity contribution >= 4 is 11.0 Å². The maximum Gasteiger partial charge on any atom is 0.113 e. The van der Waals surface area contributed by atoms with Crippen molar-refractivity contribution < 1.29 is 0 Å². The highest BCUT2D eigenvalue weighted by Crippen LogP contribution is 2.46. The molecule has 1 aliphatic rings. The highest BCUT2D eigenvalue weighted by atomic mass is 15.1. The van der Waals surface area contributed by atoms with Gasteiger partial charge < -0.3 is 4.57 Å². The summed E-state index contributed by atoms with van der Waals surface area (Å²) in [6, 6.07) is 7.98. The summed E-state index contributed by atoms with van der Waals surface area (Å²) in [5.41, 5.74) is 3.07. The quantitative estimate of drug-likeness (QED) is 0.779. The van der Waals surface area contributed by atoms with Crippen molar-refractivity contribution in [1.29, 1.82) is 5.26 Å². The lowest BCUT2D eigenvalue weighted by molar-refractivity contribution is 0.190. The number of nitriles is 1. The van der Waals surface area contributed by atoms with Gasteiger partial charge in [-0.1, -0.05) is 26.7 Å². The fourth-order valence-corrected chi connectivity index (χ4v) is 3.57. The minimum absolute atomic E-state index is 0.311. The van der Waals surface area contributed by atoms with Crippen LogP contribution in [0.25, 0.3) is 11.0 Å². The molecule has 0 saturated heterocycles. The molecule has 1 aliphatic carbocycles. The molecular formula is C17H21N3. The first-order valence-corrected chi connectivity index (χ1v) is 7.39. The number of rotatable bonds is 1. The second-order valence-corrected chi connectivity index (χ2v) is 6.63. The van der Waals surface area contributed by atoms with Crippen LogP contribution in [0.1, 0.15) is 56.8 Å². The van der Waals surface area contributed by atoms with Gasteiger partial charge in [-0.3, -0.25) is 0 Å². The van der Waals surface area contributed by atoms with Gasteiger partial charge in [-0.15, -0.1) is 0 Å². The van der Waals surface area contributed by atoms with Crippen molar-refractivity contribution in [1.82, 2.24) is 9.55 Å². The number of imidazole rings is 1. The van der Waals surface area contributed by atoms with E-state index in [1.54, 1.807) is 0 Å². The zero-order valence-electron chi connectivity index (χ0n) is 12.5. The molecule has 0 aliphatic heterocycles. The van der Waals surface area contributed by atoms with E-state index in [4.69, 9.17) is 10.2 Å². The Morgan fingerprint density at radius 2 is 2.15 bits per heavy atom. The molecular weight excluding hydrogens is 246 g/mol. The highest BCUT2D eigenvalue weighted by Gasteiger charge is 2.36. The number of hydrogen-bond acceptors (Lipinski definition) is 2. The van der Waals surface area contributed by atoms with Crippen LogP contribution in [0.5, 0.6) is 0 Å². The molecule has 1 saturated carbocycles. The lowest BCUT2D eigenvalue weighted by Gasteiger charge is -2.38. The molecule has 0 spiro atoms. The van der Waals surface area contributed by atoms with Crippen molar-refractivity contribution in [2.24, 2.45) is 12.5 Å². The minimum atomic E-state index is 0.311. The first kappa shape index (κ1) is 13.2. The van der Waals surface area contributed by atoms with Crippen molar-refractivity contribution in [3.8, 4) is 6.07 Å². The van der Waals surface area contributed by atoms with Crippen LogP contribution in [0.2, 0.25) is 0 Å². The van der Waals surface area contributed by atoms with Crippen LogP contribution >= 0.6 is 0 Å². The number of nitrogens with zero attached hydrogens (tertiary/aromatic N) is 3. The van der Waals surface area contributed by atoms with Crippen LogP contribution in [0.3, 0.4) is 0 Å². The summed E-state index contributed by atoms with van der Waals surface area (Å²) in [6.07, 6.45) is 5.10. The SMILES string of the molecule is Cn1c(C2CCCCC2(C)C)nc2cc(C#N)ccc21. The molecule has 2 aromatic rings. The Morgan fingerprint density at radius 1 is 1.35 bits per heavy atom. The Hall–Kier alpha value is -1.82. The van der Waals surface area contributed by atoms with Crippen molar-refractivity contribution in [3.63, 3.8) is 0 Å². The standard InChI is InChI=1S/C17H21N3/c1-17(2)9-5-4-6-13(17)16-19-14-10-12(11-18)7-8-15(14)20(16)3/h7-8,10,13H,4-6,9H2,1-3H3. The number of hydrogen-bond donors (Lipinski definition) is 0.